The fourth-order valence-electron chi connectivity index (χ4n) is 1.58. The first-order valence-corrected chi connectivity index (χ1v) is 5.01. The van der Waals surface area contributed by atoms with Crippen molar-refractivity contribution in [2.45, 2.75) is 13.3 Å². The summed E-state index contributed by atoms with van der Waals surface area (Å²) in [6, 6.07) is 10.4. The number of hydrogen-bond acceptors (Lipinski definition) is 1. The molecule has 0 atom stereocenters. The Kier molecular flexibility index (Phi) is 2.55. The summed E-state index contributed by atoms with van der Waals surface area (Å²) in [7, 11) is 0. The van der Waals surface area contributed by atoms with E-state index >= 15 is 0 Å². The fraction of sp³-hybridized carbons (Fsp3) is 0.154. The lowest BCUT2D eigenvalue weighted by molar-refractivity contribution is 1.16. The van der Waals surface area contributed by atoms with Gasteiger partial charge < -0.3 is 4.98 Å². The Labute approximate surface area is 88.8 Å². The largest absolute Gasteiger partial charge is 0.361 e. The van der Waals surface area contributed by atoms with Gasteiger partial charge in [0, 0.05) is 17.3 Å². The number of nitrogens with zero attached hydrogens (tertiary/aromatic N) is 1. The van der Waals surface area contributed by atoms with Crippen LogP contribution < -0.4 is 0 Å². The van der Waals surface area contributed by atoms with E-state index in [0.717, 1.165) is 23.1 Å². The van der Waals surface area contributed by atoms with Crippen LogP contribution in [0.15, 0.2) is 36.0 Å². The molecule has 0 saturated carbocycles. The number of H-pyrrole nitrogens is 1. The second-order valence-electron chi connectivity index (χ2n) is 3.46. The molecule has 0 aliphatic carbocycles. The van der Waals surface area contributed by atoms with E-state index < -0.39 is 0 Å². The molecule has 0 bridgehead atoms. The van der Waals surface area contributed by atoms with Crippen molar-refractivity contribution in [3.63, 3.8) is 0 Å². The highest BCUT2D eigenvalue weighted by molar-refractivity contribution is 5.82. The van der Waals surface area contributed by atoms with Crippen molar-refractivity contribution in [3.8, 4) is 6.07 Å². The van der Waals surface area contributed by atoms with Gasteiger partial charge in [-0.2, -0.15) is 5.26 Å². The van der Waals surface area contributed by atoms with Crippen LogP contribution in [0.1, 0.15) is 18.9 Å². The average molecular weight is 196 g/mol. The maximum Gasteiger partial charge on any atom is 0.0947 e. The summed E-state index contributed by atoms with van der Waals surface area (Å²) in [5, 5.41) is 10.0. The van der Waals surface area contributed by atoms with E-state index in [4.69, 9.17) is 5.26 Å². The maximum absolute atomic E-state index is 8.84. The molecule has 1 aromatic carbocycles. The first kappa shape index (κ1) is 9.54. The van der Waals surface area contributed by atoms with Gasteiger partial charge in [0.05, 0.1) is 6.07 Å². The molecule has 0 aliphatic heterocycles. The molecule has 0 amide bonds. The van der Waals surface area contributed by atoms with Crippen LogP contribution in [0.4, 0.5) is 0 Å². The lowest BCUT2D eigenvalue weighted by Crippen LogP contribution is -1.77. The Hall–Kier alpha value is -2.01. The van der Waals surface area contributed by atoms with E-state index in [1.54, 1.807) is 0 Å². The Morgan fingerprint density at radius 1 is 1.47 bits per heavy atom. The highest BCUT2D eigenvalue weighted by Gasteiger charge is 1.96. The van der Waals surface area contributed by atoms with Crippen LogP contribution in [-0.2, 0) is 0 Å². The molecule has 0 aliphatic rings. The molecule has 0 radical (unpaired) electrons. The van der Waals surface area contributed by atoms with Gasteiger partial charge >= 0.3 is 0 Å². The number of allylic oxidation sites excluding steroid dienone is 1. The van der Waals surface area contributed by atoms with Crippen molar-refractivity contribution in [2.24, 2.45) is 0 Å². The number of hydrogen-bond donors (Lipinski definition) is 1. The minimum Gasteiger partial charge on any atom is -0.361 e. The zero-order valence-electron chi connectivity index (χ0n) is 8.62. The molecular formula is C13H12N2. The van der Waals surface area contributed by atoms with Gasteiger partial charge in [0.25, 0.3) is 0 Å². The molecule has 15 heavy (non-hydrogen) atoms. The molecule has 1 aromatic heterocycles. The third kappa shape index (κ3) is 1.92. The quantitative estimate of drug-likeness (QED) is 0.734. The molecule has 1 N–H and O–H groups in total. The average Bonchev–Trinajstić information content (AvgIpc) is 2.73. The highest BCUT2D eigenvalue weighted by Crippen LogP contribution is 2.16. The molecule has 2 nitrogen and oxygen atoms in total. The normalized spacial score (nSPS) is 11.6. The van der Waals surface area contributed by atoms with Crippen molar-refractivity contribution in [1.29, 1.82) is 5.26 Å². The van der Waals surface area contributed by atoms with E-state index in [1.165, 1.54) is 5.39 Å². The summed E-state index contributed by atoms with van der Waals surface area (Å²) < 4.78 is 0. The van der Waals surface area contributed by atoms with Gasteiger partial charge in [-0.05, 0) is 41.6 Å². The minimum atomic E-state index is 0.779. The molecular weight excluding hydrogens is 184 g/mol. The summed E-state index contributed by atoms with van der Waals surface area (Å²) in [5.74, 6) is 0. The van der Waals surface area contributed by atoms with Crippen LogP contribution in [0.25, 0.3) is 17.0 Å². The predicted molar refractivity (Wildman–Crippen MR) is 62.2 cm³/mol. The fourth-order valence-corrected chi connectivity index (χ4v) is 1.58. The first-order chi connectivity index (χ1) is 7.33. The van der Waals surface area contributed by atoms with E-state index in [9.17, 15) is 0 Å². The topological polar surface area (TPSA) is 39.6 Å². The second-order valence-corrected chi connectivity index (χ2v) is 3.46. The summed E-state index contributed by atoms with van der Waals surface area (Å²) in [5.41, 5.74) is 3.02. The number of fused-ring (bicyclic) bond motifs is 1. The van der Waals surface area contributed by atoms with Gasteiger partial charge in [-0.3, -0.25) is 0 Å². The van der Waals surface area contributed by atoms with Crippen molar-refractivity contribution < 1.29 is 0 Å². The van der Waals surface area contributed by atoms with Crippen molar-refractivity contribution in [1.82, 2.24) is 4.98 Å². The third-order valence-electron chi connectivity index (χ3n) is 2.44. The van der Waals surface area contributed by atoms with Gasteiger partial charge in [0.15, 0.2) is 0 Å². The molecule has 2 rings (SSSR count). The van der Waals surface area contributed by atoms with Gasteiger partial charge in [0.1, 0.15) is 0 Å². The number of nitrogens with one attached hydrogen (secondary N) is 1. The van der Waals surface area contributed by atoms with Crippen LogP contribution in [-0.4, -0.2) is 4.98 Å². The van der Waals surface area contributed by atoms with Gasteiger partial charge in [-0.1, -0.05) is 13.0 Å². The Morgan fingerprint density at radius 2 is 2.33 bits per heavy atom. The van der Waals surface area contributed by atoms with E-state index in [0.29, 0.717) is 0 Å². The Balaban J connectivity index is 2.45. The zero-order valence-corrected chi connectivity index (χ0v) is 8.62. The first-order valence-electron chi connectivity index (χ1n) is 5.01. The molecule has 2 heteroatoms. The van der Waals surface area contributed by atoms with Gasteiger partial charge in [0.2, 0.25) is 0 Å². The monoisotopic (exact) mass is 196 g/mol. The smallest absolute Gasteiger partial charge is 0.0947 e. The molecule has 2 aromatic rings. The third-order valence-corrected chi connectivity index (χ3v) is 2.44. The van der Waals surface area contributed by atoms with E-state index in [-0.39, 0.29) is 0 Å². The lowest BCUT2D eigenvalue weighted by Gasteiger charge is -1.96. The predicted octanol–water partition coefficient (Wildman–Crippen LogP) is 3.48. The Morgan fingerprint density at radius 3 is 3.07 bits per heavy atom. The van der Waals surface area contributed by atoms with Gasteiger partial charge in [-0.15, -0.1) is 0 Å². The minimum absolute atomic E-state index is 0.779. The summed E-state index contributed by atoms with van der Waals surface area (Å²) in [4.78, 5) is 3.14. The summed E-state index contributed by atoms with van der Waals surface area (Å²) in [6.45, 7) is 1.99. The van der Waals surface area contributed by atoms with Crippen LogP contribution in [0.2, 0.25) is 0 Å². The number of nitriles is 1. The molecule has 0 saturated heterocycles. The van der Waals surface area contributed by atoms with Crippen molar-refractivity contribution in [3.05, 3.63) is 41.6 Å². The van der Waals surface area contributed by atoms with Crippen LogP contribution >= 0.6 is 0 Å². The van der Waals surface area contributed by atoms with Crippen LogP contribution in [0, 0.1) is 11.3 Å². The Bertz CT molecular complexity index is 541. The molecule has 1 heterocycles. The summed E-state index contributed by atoms with van der Waals surface area (Å²) >= 11 is 0. The number of aromatic amines is 1. The molecule has 0 unspecified atom stereocenters. The van der Waals surface area contributed by atoms with E-state index in [1.807, 2.05) is 37.4 Å². The maximum atomic E-state index is 8.84. The summed E-state index contributed by atoms with van der Waals surface area (Å²) in [6.07, 6.45) is 4.64. The van der Waals surface area contributed by atoms with E-state index in [2.05, 4.69) is 17.1 Å². The standard InChI is InChI=1S/C13H12N2/c1-2-10(9-14)7-11-3-4-13-12(8-11)5-6-15-13/h3-8,15H,2H2,1H3/b10-7-. The zero-order chi connectivity index (χ0) is 10.7. The lowest BCUT2D eigenvalue weighted by atomic mass is 10.1. The number of benzene rings is 1. The SMILES string of the molecule is CC/C(C#N)=C/c1ccc2[nH]ccc2c1. The van der Waals surface area contributed by atoms with Crippen molar-refractivity contribution >= 4 is 17.0 Å². The van der Waals surface area contributed by atoms with Gasteiger partial charge in [-0.25, -0.2) is 0 Å². The molecule has 0 spiro atoms. The molecule has 0 fully saturated rings. The highest BCUT2D eigenvalue weighted by atomic mass is 14.7. The number of rotatable bonds is 2. The van der Waals surface area contributed by atoms with Crippen molar-refractivity contribution in [2.75, 3.05) is 0 Å². The van der Waals surface area contributed by atoms with Crippen LogP contribution in [0.5, 0.6) is 0 Å². The second kappa shape index (κ2) is 4.02. The molecule has 74 valence electrons. The number of aromatic nitrogens is 1. The van der Waals surface area contributed by atoms with Crippen LogP contribution in [0.3, 0.4) is 0 Å².